The van der Waals surface area contributed by atoms with Crippen LogP contribution in [0.3, 0.4) is 0 Å². The third-order valence-corrected chi connectivity index (χ3v) is 4.91. The van der Waals surface area contributed by atoms with Crippen LogP contribution in [0.5, 0.6) is 5.75 Å². The summed E-state index contributed by atoms with van der Waals surface area (Å²) >= 11 is 3.52. The molecule has 0 aliphatic carbocycles. The predicted octanol–water partition coefficient (Wildman–Crippen LogP) is 3.89. The molecular formula is C18H14IN3O2S. The van der Waals surface area contributed by atoms with Crippen LogP contribution in [-0.4, -0.2) is 24.4 Å². The molecule has 126 valence electrons. The number of rotatable bonds is 4. The van der Waals surface area contributed by atoms with E-state index < -0.39 is 0 Å². The topological polar surface area (TPSA) is 63.1 Å². The zero-order valence-electron chi connectivity index (χ0n) is 13.3. The first-order valence-corrected chi connectivity index (χ1v) is 9.25. The average molecular weight is 463 g/mol. The first-order valence-electron chi connectivity index (χ1n) is 7.35. The smallest absolute Gasteiger partial charge is 0.264 e. The van der Waals surface area contributed by atoms with Gasteiger partial charge in [-0.25, -0.2) is 0 Å². The second-order valence-electron chi connectivity index (χ2n) is 5.04. The summed E-state index contributed by atoms with van der Waals surface area (Å²) in [7, 11) is 1.62. The highest BCUT2D eigenvalue weighted by atomic mass is 127. The van der Waals surface area contributed by atoms with Crippen molar-refractivity contribution in [3.05, 3.63) is 68.1 Å². The molecule has 1 saturated heterocycles. The van der Waals surface area contributed by atoms with Crippen molar-refractivity contribution in [1.29, 1.82) is 0 Å². The van der Waals surface area contributed by atoms with Gasteiger partial charge in [0.15, 0.2) is 5.17 Å². The summed E-state index contributed by atoms with van der Waals surface area (Å²) in [5.41, 5.74) is 1.87. The molecule has 0 saturated carbocycles. The molecule has 1 aliphatic heterocycles. The Kier molecular flexibility index (Phi) is 5.87. The van der Waals surface area contributed by atoms with E-state index in [9.17, 15) is 4.79 Å². The summed E-state index contributed by atoms with van der Waals surface area (Å²) in [5.74, 6) is 0.620. The van der Waals surface area contributed by atoms with Gasteiger partial charge >= 0.3 is 0 Å². The predicted molar refractivity (Wildman–Crippen MR) is 111 cm³/mol. The summed E-state index contributed by atoms with van der Waals surface area (Å²) < 4.78 is 6.26. The molecule has 1 aliphatic rings. The van der Waals surface area contributed by atoms with Gasteiger partial charge in [0, 0.05) is 3.57 Å². The van der Waals surface area contributed by atoms with Gasteiger partial charge in [-0.3, -0.25) is 10.1 Å². The standard InChI is InChI=1S/C18H14IN3O2S/c1-24-15-8-4-13(5-9-15)11-20-22-18-21-17(23)16(25-18)10-12-2-6-14(19)7-3-12/h2-11H,1H3,(H,21,22,23). The Morgan fingerprint density at radius 1 is 1.08 bits per heavy atom. The Bertz CT molecular complexity index is 859. The van der Waals surface area contributed by atoms with Crippen molar-refractivity contribution in [1.82, 2.24) is 5.32 Å². The van der Waals surface area contributed by atoms with Gasteiger partial charge in [0.25, 0.3) is 5.91 Å². The molecule has 1 N–H and O–H groups in total. The van der Waals surface area contributed by atoms with Crippen LogP contribution in [0.1, 0.15) is 11.1 Å². The van der Waals surface area contributed by atoms with Gasteiger partial charge in [-0.15, -0.1) is 5.10 Å². The Morgan fingerprint density at radius 3 is 2.44 bits per heavy atom. The summed E-state index contributed by atoms with van der Waals surface area (Å²) in [4.78, 5) is 12.6. The molecule has 0 spiro atoms. The number of methoxy groups -OCH3 is 1. The lowest BCUT2D eigenvalue weighted by atomic mass is 10.2. The van der Waals surface area contributed by atoms with Crippen molar-refractivity contribution in [2.24, 2.45) is 10.2 Å². The Hall–Kier alpha value is -2.13. The highest BCUT2D eigenvalue weighted by Gasteiger charge is 2.23. The number of hydrogen-bond acceptors (Lipinski definition) is 5. The SMILES string of the molecule is COc1ccc(C=N/N=C2\NC(=O)C(=Cc3ccc(I)cc3)S2)cc1. The van der Waals surface area contributed by atoms with Crippen molar-refractivity contribution in [3.63, 3.8) is 0 Å². The molecule has 1 fully saturated rings. The van der Waals surface area contributed by atoms with E-state index >= 15 is 0 Å². The molecule has 25 heavy (non-hydrogen) atoms. The second kappa shape index (κ2) is 8.30. The molecule has 1 heterocycles. The van der Waals surface area contributed by atoms with E-state index in [1.165, 1.54) is 11.8 Å². The van der Waals surface area contributed by atoms with Crippen LogP contribution >= 0.6 is 34.4 Å². The van der Waals surface area contributed by atoms with Crippen molar-refractivity contribution in [2.75, 3.05) is 7.11 Å². The van der Waals surface area contributed by atoms with E-state index in [1.54, 1.807) is 13.3 Å². The fourth-order valence-corrected chi connectivity index (χ4v) is 3.16. The maximum absolute atomic E-state index is 12.0. The minimum Gasteiger partial charge on any atom is -0.497 e. The molecule has 2 aromatic rings. The number of nitrogens with zero attached hydrogens (tertiary/aromatic N) is 2. The van der Waals surface area contributed by atoms with Gasteiger partial charge in [-0.05, 0) is 88.0 Å². The Morgan fingerprint density at radius 2 is 1.76 bits per heavy atom. The number of carbonyl (C=O) groups excluding carboxylic acids is 1. The lowest BCUT2D eigenvalue weighted by Gasteiger charge is -1.98. The number of thioether (sulfide) groups is 1. The number of hydrogen-bond donors (Lipinski definition) is 1. The van der Waals surface area contributed by atoms with Crippen molar-refractivity contribution >= 4 is 57.7 Å². The number of amides is 1. The minimum atomic E-state index is -0.165. The van der Waals surface area contributed by atoms with Crippen LogP contribution in [0.25, 0.3) is 6.08 Å². The van der Waals surface area contributed by atoms with Crippen LogP contribution in [-0.2, 0) is 4.79 Å². The summed E-state index contributed by atoms with van der Waals surface area (Å²) in [6.45, 7) is 0. The van der Waals surface area contributed by atoms with E-state index in [1.807, 2.05) is 54.6 Å². The maximum atomic E-state index is 12.0. The van der Waals surface area contributed by atoms with Gasteiger partial charge < -0.3 is 4.74 Å². The molecular weight excluding hydrogens is 449 g/mol. The van der Waals surface area contributed by atoms with Gasteiger partial charge in [-0.2, -0.15) is 5.10 Å². The van der Waals surface area contributed by atoms with Gasteiger partial charge in [0.05, 0.1) is 18.2 Å². The van der Waals surface area contributed by atoms with E-state index in [2.05, 4.69) is 38.1 Å². The van der Waals surface area contributed by atoms with Gasteiger partial charge in [0.2, 0.25) is 0 Å². The first kappa shape index (κ1) is 17.7. The summed E-state index contributed by atoms with van der Waals surface area (Å²) in [6, 6.07) is 15.4. The van der Waals surface area contributed by atoms with Crippen LogP contribution in [0.15, 0.2) is 63.6 Å². The average Bonchev–Trinajstić information content (AvgIpc) is 2.97. The van der Waals surface area contributed by atoms with E-state index in [-0.39, 0.29) is 5.91 Å². The Labute approximate surface area is 163 Å². The maximum Gasteiger partial charge on any atom is 0.264 e. The molecule has 1 amide bonds. The molecule has 0 aromatic heterocycles. The van der Waals surface area contributed by atoms with Gasteiger partial charge in [-0.1, -0.05) is 12.1 Å². The third-order valence-electron chi connectivity index (χ3n) is 3.29. The van der Waals surface area contributed by atoms with Crippen molar-refractivity contribution < 1.29 is 9.53 Å². The monoisotopic (exact) mass is 463 g/mol. The normalized spacial score (nSPS) is 17.4. The number of amidine groups is 1. The van der Waals surface area contributed by atoms with Crippen molar-refractivity contribution in [3.8, 4) is 5.75 Å². The molecule has 0 radical (unpaired) electrons. The van der Waals surface area contributed by atoms with Crippen LogP contribution in [0, 0.1) is 3.57 Å². The molecule has 7 heteroatoms. The minimum absolute atomic E-state index is 0.165. The molecule has 0 bridgehead atoms. The molecule has 3 rings (SSSR count). The van der Waals surface area contributed by atoms with Crippen molar-refractivity contribution in [2.45, 2.75) is 0 Å². The first-order chi connectivity index (χ1) is 12.1. The largest absolute Gasteiger partial charge is 0.497 e. The van der Waals surface area contributed by atoms with E-state index in [0.29, 0.717) is 10.1 Å². The lowest BCUT2D eigenvalue weighted by Crippen LogP contribution is -2.19. The van der Waals surface area contributed by atoms with Crippen LogP contribution < -0.4 is 10.1 Å². The highest BCUT2D eigenvalue weighted by Crippen LogP contribution is 2.26. The third kappa shape index (κ3) is 4.93. The molecule has 0 atom stereocenters. The zero-order valence-corrected chi connectivity index (χ0v) is 16.2. The number of carbonyl (C=O) groups is 1. The molecule has 0 unspecified atom stereocenters. The lowest BCUT2D eigenvalue weighted by molar-refractivity contribution is -0.115. The fourth-order valence-electron chi connectivity index (χ4n) is 2.02. The number of halogens is 1. The number of benzene rings is 2. The summed E-state index contributed by atoms with van der Waals surface area (Å²) in [5, 5.41) is 11.3. The van der Waals surface area contributed by atoms with E-state index in [4.69, 9.17) is 4.74 Å². The van der Waals surface area contributed by atoms with Gasteiger partial charge in [0.1, 0.15) is 5.75 Å². The molecule has 5 nitrogen and oxygen atoms in total. The number of ether oxygens (including phenoxy) is 1. The molecule has 2 aromatic carbocycles. The summed E-state index contributed by atoms with van der Waals surface area (Å²) in [6.07, 6.45) is 3.46. The quantitative estimate of drug-likeness (QED) is 0.324. The fraction of sp³-hybridized carbons (Fsp3) is 0.0556. The van der Waals surface area contributed by atoms with Crippen LogP contribution in [0.4, 0.5) is 0 Å². The number of nitrogens with one attached hydrogen (secondary N) is 1. The highest BCUT2D eigenvalue weighted by molar-refractivity contribution is 14.1. The Balaban J connectivity index is 1.67. The zero-order chi connectivity index (χ0) is 17.6. The van der Waals surface area contributed by atoms with E-state index in [0.717, 1.165) is 20.4 Å². The van der Waals surface area contributed by atoms with Crippen LogP contribution in [0.2, 0.25) is 0 Å². The second-order valence-corrected chi connectivity index (χ2v) is 7.32.